The largest absolute Gasteiger partial charge is 0.409 e. The van der Waals surface area contributed by atoms with Gasteiger partial charge in [-0.15, -0.1) is 0 Å². The maximum Gasteiger partial charge on any atom is 0.320 e. The van der Waals surface area contributed by atoms with E-state index < -0.39 is 23.2 Å². The van der Waals surface area contributed by atoms with Crippen molar-refractivity contribution in [1.29, 1.82) is 0 Å². The number of hydrogen-bond acceptors (Lipinski definition) is 3. The van der Waals surface area contributed by atoms with Gasteiger partial charge in [0, 0.05) is 6.07 Å². The Hall–Kier alpha value is -2.38. The van der Waals surface area contributed by atoms with E-state index in [2.05, 4.69) is 15.8 Å². The van der Waals surface area contributed by atoms with Crippen molar-refractivity contribution in [2.24, 2.45) is 10.9 Å². The SMILES string of the molecule is N/C(=N/O)C1(NC(=O)Nc2ccc(F)cc2F)CCCC1. The highest BCUT2D eigenvalue weighted by molar-refractivity contribution is 5.97. The molecule has 0 saturated heterocycles. The second kappa shape index (κ2) is 5.94. The number of oxime groups is 1. The molecule has 1 aliphatic carbocycles. The lowest BCUT2D eigenvalue weighted by Crippen LogP contribution is -2.56. The molecule has 1 aromatic carbocycles. The van der Waals surface area contributed by atoms with E-state index in [0.717, 1.165) is 25.0 Å². The van der Waals surface area contributed by atoms with Crippen molar-refractivity contribution in [1.82, 2.24) is 5.32 Å². The van der Waals surface area contributed by atoms with Crippen molar-refractivity contribution in [3.63, 3.8) is 0 Å². The highest BCUT2D eigenvalue weighted by atomic mass is 19.1. The van der Waals surface area contributed by atoms with Gasteiger partial charge in [-0.3, -0.25) is 0 Å². The van der Waals surface area contributed by atoms with E-state index in [0.29, 0.717) is 18.9 Å². The summed E-state index contributed by atoms with van der Waals surface area (Å²) >= 11 is 0. The molecule has 0 radical (unpaired) electrons. The minimum atomic E-state index is -0.935. The molecular weight excluding hydrogens is 282 g/mol. The lowest BCUT2D eigenvalue weighted by Gasteiger charge is -2.28. The van der Waals surface area contributed by atoms with Crippen LogP contribution < -0.4 is 16.4 Å². The van der Waals surface area contributed by atoms with Gasteiger partial charge in [0.1, 0.15) is 17.2 Å². The van der Waals surface area contributed by atoms with Gasteiger partial charge in [0.15, 0.2) is 5.84 Å². The summed E-state index contributed by atoms with van der Waals surface area (Å²) in [6, 6.07) is 2.13. The van der Waals surface area contributed by atoms with E-state index >= 15 is 0 Å². The van der Waals surface area contributed by atoms with E-state index in [9.17, 15) is 13.6 Å². The molecule has 6 nitrogen and oxygen atoms in total. The molecule has 1 aliphatic rings. The lowest BCUT2D eigenvalue weighted by atomic mass is 9.96. The van der Waals surface area contributed by atoms with E-state index in [1.54, 1.807) is 0 Å². The first kappa shape index (κ1) is 15.0. The van der Waals surface area contributed by atoms with Gasteiger partial charge >= 0.3 is 6.03 Å². The number of hydrogen-bond donors (Lipinski definition) is 4. The zero-order chi connectivity index (χ0) is 15.5. The predicted molar refractivity (Wildman–Crippen MR) is 73.1 cm³/mol. The molecule has 0 bridgehead atoms. The molecule has 1 fully saturated rings. The zero-order valence-corrected chi connectivity index (χ0v) is 11.2. The first-order valence-electron chi connectivity index (χ1n) is 6.49. The Labute approximate surface area is 120 Å². The molecule has 1 aromatic rings. The van der Waals surface area contributed by atoms with Crippen LogP contribution >= 0.6 is 0 Å². The summed E-state index contributed by atoms with van der Waals surface area (Å²) < 4.78 is 26.3. The average molecular weight is 298 g/mol. The number of halogens is 2. The monoisotopic (exact) mass is 298 g/mol. The number of nitrogens with one attached hydrogen (secondary N) is 2. The van der Waals surface area contributed by atoms with Gasteiger partial charge in [-0.2, -0.15) is 0 Å². The van der Waals surface area contributed by atoms with Gasteiger partial charge in [0.25, 0.3) is 0 Å². The van der Waals surface area contributed by atoms with Crippen molar-refractivity contribution < 1.29 is 18.8 Å². The minimum absolute atomic E-state index is 0.0882. The Kier molecular flexibility index (Phi) is 4.25. The quantitative estimate of drug-likeness (QED) is 0.298. The molecule has 0 atom stereocenters. The number of anilines is 1. The fourth-order valence-electron chi connectivity index (χ4n) is 2.48. The standard InChI is InChI=1S/C13H16F2N4O2/c14-8-3-4-10(9(15)7-8)17-12(20)18-13(11(16)19-21)5-1-2-6-13/h3-4,7,21H,1-2,5-6H2,(H2,16,19)(H2,17,18,20). The molecular formula is C13H16F2N4O2. The van der Waals surface area contributed by atoms with Crippen molar-refractivity contribution in [2.75, 3.05) is 5.32 Å². The fourth-order valence-corrected chi connectivity index (χ4v) is 2.48. The maximum absolute atomic E-state index is 13.5. The number of carbonyl (C=O) groups is 1. The van der Waals surface area contributed by atoms with Crippen LogP contribution in [-0.4, -0.2) is 22.6 Å². The normalized spacial score (nSPS) is 17.5. The summed E-state index contributed by atoms with van der Waals surface area (Å²) in [5, 5.41) is 16.7. The lowest BCUT2D eigenvalue weighted by molar-refractivity contribution is 0.243. The van der Waals surface area contributed by atoms with Crippen LogP contribution in [0.3, 0.4) is 0 Å². The van der Waals surface area contributed by atoms with Crippen molar-refractivity contribution >= 4 is 17.6 Å². The number of nitrogens with two attached hydrogens (primary N) is 1. The molecule has 0 heterocycles. The summed E-state index contributed by atoms with van der Waals surface area (Å²) in [7, 11) is 0. The maximum atomic E-state index is 13.5. The highest BCUT2D eigenvalue weighted by Crippen LogP contribution is 2.30. The first-order chi connectivity index (χ1) is 9.97. The predicted octanol–water partition coefficient (Wildman–Crippen LogP) is 2.15. The summed E-state index contributed by atoms with van der Waals surface area (Å²) in [5.74, 6) is -1.70. The molecule has 0 aliphatic heterocycles. The third-order valence-electron chi connectivity index (χ3n) is 3.59. The average Bonchev–Trinajstić information content (AvgIpc) is 2.90. The molecule has 2 rings (SSSR count). The number of urea groups is 1. The fraction of sp³-hybridized carbons (Fsp3) is 0.385. The number of amides is 2. The molecule has 0 spiro atoms. The first-order valence-corrected chi connectivity index (χ1v) is 6.49. The third-order valence-corrected chi connectivity index (χ3v) is 3.59. The Bertz CT molecular complexity index is 571. The number of nitrogens with zero attached hydrogens (tertiary/aromatic N) is 1. The van der Waals surface area contributed by atoms with Crippen LogP contribution in [0.1, 0.15) is 25.7 Å². The van der Waals surface area contributed by atoms with Crippen molar-refractivity contribution in [3.8, 4) is 0 Å². The van der Waals surface area contributed by atoms with Crippen LogP contribution in [0.4, 0.5) is 19.3 Å². The van der Waals surface area contributed by atoms with E-state index in [4.69, 9.17) is 10.9 Å². The van der Waals surface area contributed by atoms with Gasteiger partial charge in [-0.1, -0.05) is 18.0 Å². The molecule has 0 aromatic heterocycles. The van der Waals surface area contributed by atoms with Crippen LogP contribution in [0.5, 0.6) is 0 Å². The molecule has 21 heavy (non-hydrogen) atoms. The van der Waals surface area contributed by atoms with Crippen LogP contribution in [-0.2, 0) is 0 Å². The Morgan fingerprint density at radius 1 is 1.33 bits per heavy atom. The molecule has 8 heteroatoms. The summed E-state index contributed by atoms with van der Waals surface area (Å²) in [6.45, 7) is 0. The van der Waals surface area contributed by atoms with Crippen LogP contribution in [0.25, 0.3) is 0 Å². The smallest absolute Gasteiger partial charge is 0.320 e. The van der Waals surface area contributed by atoms with E-state index in [1.807, 2.05) is 0 Å². The molecule has 2 amide bonds. The molecule has 5 N–H and O–H groups in total. The number of amidine groups is 1. The zero-order valence-electron chi connectivity index (χ0n) is 11.2. The highest BCUT2D eigenvalue weighted by Gasteiger charge is 2.39. The summed E-state index contributed by atoms with van der Waals surface area (Å²) in [6.07, 6.45) is 2.70. The van der Waals surface area contributed by atoms with Crippen LogP contribution in [0, 0.1) is 11.6 Å². The Morgan fingerprint density at radius 2 is 2.00 bits per heavy atom. The molecule has 1 saturated carbocycles. The second-order valence-corrected chi connectivity index (χ2v) is 4.98. The van der Waals surface area contributed by atoms with Crippen LogP contribution in [0.2, 0.25) is 0 Å². The van der Waals surface area contributed by atoms with Crippen molar-refractivity contribution in [2.45, 2.75) is 31.2 Å². The van der Waals surface area contributed by atoms with Gasteiger partial charge in [0.2, 0.25) is 0 Å². The molecule has 0 unspecified atom stereocenters. The van der Waals surface area contributed by atoms with E-state index in [-0.39, 0.29) is 11.5 Å². The van der Waals surface area contributed by atoms with E-state index in [1.165, 1.54) is 0 Å². The number of rotatable bonds is 3. The van der Waals surface area contributed by atoms with Gasteiger partial charge in [0.05, 0.1) is 5.69 Å². The minimum Gasteiger partial charge on any atom is -0.409 e. The van der Waals surface area contributed by atoms with Gasteiger partial charge < -0.3 is 21.6 Å². The summed E-state index contributed by atoms with van der Waals surface area (Å²) in [4.78, 5) is 12.0. The van der Waals surface area contributed by atoms with Gasteiger partial charge in [-0.25, -0.2) is 13.6 Å². The third kappa shape index (κ3) is 3.21. The number of benzene rings is 1. The summed E-state index contributed by atoms with van der Waals surface area (Å²) in [5.41, 5.74) is 4.55. The molecule has 114 valence electrons. The van der Waals surface area contributed by atoms with Crippen molar-refractivity contribution in [3.05, 3.63) is 29.8 Å². The Morgan fingerprint density at radius 3 is 2.57 bits per heavy atom. The van der Waals surface area contributed by atoms with Gasteiger partial charge in [-0.05, 0) is 25.0 Å². The Balaban J connectivity index is 2.10. The van der Waals surface area contributed by atoms with Crippen LogP contribution in [0.15, 0.2) is 23.4 Å². The topological polar surface area (TPSA) is 99.7 Å². The second-order valence-electron chi connectivity index (χ2n) is 4.98. The number of carbonyl (C=O) groups excluding carboxylic acids is 1.